The molecular weight excluding hydrogens is 216 g/mol. The van der Waals surface area contributed by atoms with E-state index in [0.717, 1.165) is 39.1 Å². The van der Waals surface area contributed by atoms with E-state index in [2.05, 4.69) is 20.1 Å². The number of piperidine rings is 1. The van der Waals surface area contributed by atoms with Crippen molar-refractivity contribution < 1.29 is 4.74 Å². The molecule has 5 heteroatoms. The minimum Gasteiger partial charge on any atom is -0.381 e. The second-order valence-electron chi connectivity index (χ2n) is 4.96. The van der Waals surface area contributed by atoms with E-state index in [0.29, 0.717) is 12.0 Å². The number of ether oxygens (including phenoxy) is 1. The van der Waals surface area contributed by atoms with Crippen molar-refractivity contribution >= 4 is 0 Å². The van der Waals surface area contributed by atoms with E-state index < -0.39 is 0 Å². The van der Waals surface area contributed by atoms with Gasteiger partial charge < -0.3 is 14.6 Å². The third-order valence-corrected chi connectivity index (χ3v) is 3.89. The fourth-order valence-corrected chi connectivity index (χ4v) is 2.87. The van der Waals surface area contributed by atoms with E-state index in [9.17, 15) is 0 Å². The second-order valence-corrected chi connectivity index (χ2v) is 4.96. The maximum atomic E-state index is 5.42. The molecule has 0 radical (unpaired) electrons. The maximum Gasteiger partial charge on any atom is 0.136 e. The van der Waals surface area contributed by atoms with Crippen LogP contribution in [-0.4, -0.2) is 41.1 Å². The highest BCUT2D eigenvalue weighted by Crippen LogP contribution is 2.29. The number of rotatable bonds is 2. The molecule has 0 aromatic carbocycles. The van der Waals surface area contributed by atoms with Crippen LogP contribution in [-0.2, 0) is 4.74 Å². The summed E-state index contributed by atoms with van der Waals surface area (Å²) in [6, 6.07) is 0.587. The molecule has 0 aliphatic carbocycles. The van der Waals surface area contributed by atoms with Crippen molar-refractivity contribution in [1.82, 2.24) is 20.1 Å². The molecule has 2 fully saturated rings. The predicted molar refractivity (Wildman–Crippen MR) is 64.0 cm³/mol. The van der Waals surface area contributed by atoms with Gasteiger partial charge in [0, 0.05) is 25.2 Å². The van der Waals surface area contributed by atoms with Crippen LogP contribution in [0, 0.1) is 0 Å². The molecule has 1 N–H and O–H groups in total. The standard InChI is InChI=1S/C12H20N4O/c1-5-13-6-2-11(1)16-9-14-15-12(16)10-3-7-17-8-4-10/h9-11,13H,1-8H2. The molecule has 0 bridgehead atoms. The average Bonchev–Trinajstić information content (AvgIpc) is 2.90. The lowest BCUT2D eigenvalue weighted by Crippen LogP contribution is -2.30. The molecule has 1 aromatic heterocycles. The summed E-state index contributed by atoms with van der Waals surface area (Å²) < 4.78 is 7.73. The lowest BCUT2D eigenvalue weighted by molar-refractivity contribution is 0.0821. The van der Waals surface area contributed by atoms with Crippen LogP contribution in [0.5, 0.6) is 0 Å². The van der Waals surface area contributed by atoms with Gasteiger partial charge in [0.1, 0.15) is 12.2 Å². The van der Waals surface area contributed by atoms with Gasteiger partial charge in [-0.3, -0.25) is 0 Å². The van der Waals surface area contributed by atoms with E-state index in [1.165, 1.54) is 18.7 Å². The number of nitrogens with zero attached hydrogens (tertiary/aromatic N) is 3. The van der Waals surface area contributed by atoms with E-state index >= 15 is 0 Å². The summed E-state index contributed by atoms with van der Waals surface area (Å²) in [6.45, 7) is 3.94. The van der Waals surface area contributed by atoms with Crippen molar-refractivity contribution in [3.05, 3.63) is 12.2 Å². The Hall–Kier alpha value is -0.940. The molecule has 0 amide bonds. The Labute approximate surface area is 102 Å². The molecule has 3 heterocycles. The molecule has 2 aliphatic heterocycles. The van der Waals surface area contributed by atoms with Crippen LogP contribution in [0.2, 0.25) is 0 Å². The quantitative estimate of drug-likeness (QED) is 0.835. The second kappa shape index (κ2) is 5.14. The fourth-order valence-electron chi connectivity index (χ4n) is 2.87. The van der Waals surface area contributed by atoms with Crippen LogP contribution >= 0.6 is 0 Å². The van der Waals surface area contributed by atoms with E-state index in [1.807, 2.05) is 6.33 Å². The van der Waals surface area contributed by atoms with Crippen molar-refractivity contribution in [2.45, 2.75) is 37.6 Å². The zero-order valence-corrected chi connectivity index (χ0v) is 10.1. The lowest BCUT2D eigenvalue weighted by Gasteiger charge is -2.28. The van der Waals surface area contributed by atoms with Gasteiger partial charge in [-0.2, -0.15) is 0 Å². The van der Waals surface area contributed by atoms with Gasteiger partial charge in [-0.1, -0.05) is 0 Å². The Bertz CT molecular complexity index is 321. The van der Waals surface area contributed by atoms with Crippen molar-refractivity contribution in [2.24, 2.45) is 0 Å². The first kappa shape index (κ1) is 11.2. The molecule has 3 rings (SSSR count). The SMILES string of the molecule is c1nnc(C2CCOCC2)n1C1CCNCC1. The summed E-state index contributed by atoms with van der Waals surface area (Å²) in [7, 11) is 0. The van der Waals surface area contributed by atoms with Gasteiger partial charge in [0.25, 0.3) is 0 Å². The summed E-state index contributed by atoms with van der Waals surface area (Å²) in [6.07, 6.45) is 6.47. The minimum absolute atomic E-state index is 0.543. The fraction of sp³-hybridized carbons (Fsp3) is 0.833. The van der Waals surface area contributed by atoms with Gasteiger partial charge in [0.05, 0.1) is 0 Å². The first-order valence-electron chi connectivity index (χ1n) is 6.63. The van der Waals surface area contributed by atoms with Crippen LogP contribution in [0.3, 0.4) is 0 Å². The lowest BCUT2D eigenvalue weighted by atomic mass is 9.98. The normalized spacial score (nSPS) is 24.0. The minimum atomic E-state index is 0.543. The number of hydrogen-bond donors (Lipinski definition) is 1. The van der Waals surface area contributed by atoms with Crippen molar-refractivity contribution in [3.8, 4) is 0 Å². The molecule has 0 atom stereocenters. The Balaban J connectivity index is 1.77. The Kier molecular flexibility index (Phi) is 3.38. The number of nitrogens with one attached hydrogen (secondary N) is 1. The van der Waals surface area contributed by atoms with Crippen LogP contribution in [0.25, 0.3) is 0 Å². The molecule has 5 nitrogen and oxygen atoms in total. The van der Waals surface area contributed by atoms with Gasteiger partial charge >= 0.3 is 0 Å². The van der Waals surface area contributed by atoms with Crippen LogP contribution in [0.15, 0.2) is 6.33 Å². The zero-order chi connectivity index (χ0) is 11.5. The van der Waals surface area contributed by atoms with Gasteiger partial charge in [0.15, 0.2) is 0 Å². The third kappa shape index (κ3) is 2.35. The highest BCUT2D eigenvalue weighted by Gasteiger charge is 2.25. The largest absolute Gasteiger partial charge is 0.381 e. The Morgan fingerprint density at radius 3 is 2.71 bits per heavy atom. The number of hydrogen-bond acceptors (Lipinski definition) is 4. The predicted octanol–water partition coefficient (Wildman–Crippen LogP) is 1.10. The van der Waals surface area contributed by atoms with E-state index in [1.54, 1.807) is 0 Å². The average molecular weight is 236 g/mol. The van der Waals surface area contributed by atoms with Crippen LogP contribution in [0.1, 0.15) is 43.5 Å². The zero-order valence-electron chi connectivity index (χ0n) is 10.1. The molecule has 0 unspecified atom stereocenters. The molecule has 94 valence electrons. The molecule has 2 saturated heterocycles. The summed E-state index contributed by atoms with van der Waals surface area (Å²) >= 11 is 0. The topological polar surface area (TPSA) is 52.0 Å². The molecule has 0 saturated carbocycles. The van der Waals surface area contributed by atoms with Gasteiger partial charge in [0.2, 0.25) is 0 Å². The van der Waals surface area contributed by atoms with Crippen molar-refractivity contribution in [3.63, 3.8) is 0 Å². The molecule has 17 heavy (non-hydrogen) atoms. The van der Waals surface area contributed by atoms with Crippen molar-refractivity contribution in [2.75, 3.05) is 26.3 Å². The molecule has 2 aliphatic rings. The summed E-state index contributed by atoms with van der Waals surface area (Å²) in [5.41, 5.74) is 0. The first-order chi connectivity index (χ1) is 8.45. The monoisotopic (exact) mass is 236 g/mol. The van der Waals surface area contributed by atoms with Crippen LogP contribution < -0.4 is 5.32 Å². The van der Waals surface area contributed by atoms with E-state index in [4.69, 9.17) is 4.74 Å². The summed E-state index contributed by atoms with van der Waals surface area (Å²) in [4.78, 5) is 0. The molecular formula is C12H20N4O. The third-order valence-electron chi connectivity index (χ3n) is 3.89. The van der Waals surface area contributed by atoms with Gasteiger partial charge in [-0.25, -0.2) is 0 Å². The highest BCUT2D eigenvalue weighted by atomic mass is 16.5. The van der Waals surface area contributed by atoms with Crippen molar-refractivity contribution in [1.29, 1.82) is 0 Å². The van der Waals surface area contributed by atoms with Gasteiger partial charge in [-0.15, -0.1) is 10.2 Å². The smallest absolute Gasteiger partial charge is 0.136 e. The summed E-state index contributed by atoms with van der Waals surface area (Å²) in [5.74, 6) is 1.72. The number of aromatic nitrogens is 3. The van der Waals surface area contributed by atoms with E-state index in [-0.39, 0.29) is 0 Å². The summed E-state index contributed by atoms with van der Waals surface area (Å²) in [5, 5.41) is 11.9. The molecule has 0 spiro atoms. The molecule has 1 aromatic rings. The highest BCUT2D eigenvalue weighted by molar-refractivity contribution is 5.00. The van der Waals surface area contributed by atoms with Crippen LogP contribution in [0.4, 0.5) is 0 Å². The van der Waals surface area contributed by atoms with Gasteiger partial charge in [-0.05, 0) is 38.8 Å². The Morgan fingerprint density at radius 1 is 1.18 bits per heavy atom. The maximum absolute atomic E-state index is 5.42. The first-order valence-corrected chi connectivity index (χ1v) is 6.63. The Morgan fingerprint density at radius 2 is 1.94 bits per heavy atom.